The number of aromatic amines is 1. The Morgan fingerprint density at radius 2 is 1.71 bits per heavy atom. The van der Waals surface area contributed by atoms with Crippen molar-refractivity contribution in [2.45, 2.75) is 13.3 Å². The predicted molar refractivity (Wildman–Crippen MR) is 91.1 cm³/mol. The minimum Gasteiger partial charge on any atom is -0.325 e. The van der Waals surface area contributed by atoms with Gasteiger partial charge in [-0.1, -0.05) is 30.3 Å². The number of nitrogens with zero attached hydrogens (tertiary/aromatic N) is 1. The van der Waals surface area contributed by atoms with Crippen LogP contribution in [-0.4, -0.2) is 21.9 Å². The van der Waals surface area contributed by atoms with Crippen LogP contribution in [-0.2, 0) is 11.2 Å². The molecule has 0 aliphatic carbocycles. The Labute approximate surface area is 137 Å². The number of fused-ring (bicyclic) bond motifs is 1. The SMILES string of the molecule is CC(=O)c1ccccc1NC(=O)Cc1n[nH]c(=O)c2ccccc12. The average Bonchev–Trinajstić information content (AvgIpc) is 2.58. The number of benzene rings is 2. The fourth-order valence-corrected chi connectivity index (χ4v) is 2.55. The third-order valence-corrected chi connectivity index (χ3v) is 3.68. The van der Waals surface area contributed by atoms with Crippen molar-refractivity contribution in [3.8, 4) is 0 Å². The van der Waals surface area contributed by atoms with E-state index in [-0.39, 0.29) is 23.7 Å². The van der Waals surface area contributed by atoms with Gasteiger partial charge in [0, 0.05) is 10.9 Å². The van der Waals surface area contributed by atoms with Gasteiger partial charge in [-0.2, -0.15) is 5.10 Å². The number of anilines is 1. The molecule has 1 heterocycles. The van der Waals surface area contributed by atoms with Crippen LogP contribution in [0, 0.1) is 0 Å². The Morgan fingerprint density at radius 3 is 2.46 bits per heavy atom. The van der Waals surface area contributed by atoms with Crippen molar-refractivity contribution >= 4 is 28.2 Å². The number of ketones is 1. The maximum atomic E-state index is 12.3. The van der Waals surface area contributed by atoms with Gasteiger partial charge in [-0.25, -0.2) is 5.10 Å². The zero-order valence-electron chi connectivity index (χ0n) is 13.0. The predicted octanol–water partition coefficient (Wildman–Crippen LogP) is 2.31. The summed E-state index contributed by atoms with van der Waals surface area (Å²) in [5.41, 5.74) is 1.09. The van der Waals surface area contributed by atoms with Crippen LogP contribution < -0.4 is 10.9 Å². The molecule has 0 aliphatic heterocycles. The first-order valence-electron chi connectivity index (χ1n) is 7.42. The Bertz CT molecular complexity index is 992. The first kappa shape index (κ1) is 15.6. The van der Waals surface area contributed by atoms with Gasteiger partial charge in [-0.3, -0.25) is 14.4 Å². The van der Waals surface area contributed by atoms with Crippen LogP contribution in [0.4, 0.5) is 5.69 Å². The fourth-order valence-electron chi connectivity index (χ4n) is 2.55. The van der Waals surface area contributed by atoms with Gasteiger partial charge in [0.2, 0.25) is 5.91 Å². The quantitative estimate of drug-likeness (QED) is 0.721. The highest BCUT2D eigenvalue weighted by atomic mass is 16.2. The molecule has 1 aromatic heterocycles. The van der Waals surface area contributed by atoms with E-state index >= 15 is 0 Å². The number of carbonyl (C=O) groups excluding carboxylic acids is 2. The maximum absolute atomic E-state index is 12.3. The average molecular weight is 321 g/mol. The van der Waals surface area contributed by atoms with Crippen LogP contribution in [0.15, 0.2) is 53.3 Å². The summed E-state index contributed by atoms with van der Waals surface area (Å²) in [6.07, 6.45) is -0.0104. The largest absolute Gasteiger partial charge is 0.325 e. The number of H-pyrrole nitrogens is 1. The van der Waals surface area contributed by atoms with Gasteiger partial charge in [-0.05, 0) is 25.1 Å². The molecule has 24 heavy (non-hydrogen) atoms. The number of hydrogen-bond donors (Lipinski definition) is 2. The van der Waals surface area contributed by atoms with E-state index in [4.69, 9.17) is 0 Å². The smallest absolute Gasteiger partial charge is 0.272 e. The highest BCUT2D eigenvalue weighted by molar-refractivity contribution is 6.04. The monoisotopic (exact) mass is 321 g/mol. The van der Waals surface area contributed by atoms with Crippen LogP contribution in [0.1, 0.15) is 23.0 Å². The number of amides is 1. The normalized spacial score (nSPS) is 10.5. The van der Waals surface area contributed by atoms with Crippen LogP contribution in [0.25, 0.3) is 10.8 Å². The number of aromatic nitrogens is 2. The molecule has 6 heteroatoms. The maximum Gasteiger partial charge on any atom is 0.272 e. The number of hydrogen-bond acceptors (Lipinski definition) is 4. The standard InChI is InChI=1S/C18H15N3O3/c1-11(22)12-6-4-5-9-15(12)19-17(23)10-16-13-7-2-3-8-14(13)18(24)21-20-16/h2-9H,10H2,1H3,(H,19,23)(H,21,24). The van der Waals surface area contributed by atoms with E-state index in [0.717, 1.165) is 0 Å². The van der Waals surface area contributed by atoms with E-state index in [0.29, 0.717) is 27.7 Å². The first-order chi connectivity index (χ1) is 11.6. The topological polar surface area (TPSA) is 91.9 Å². The lowest BCUT2D eigenvalue weighted by Gasteiger charge is -2.09. The molecule has 0 spiro atoms. The molecule has 120 valence electrons. The summed E-state index contributed by atoms with van der Waals surface area (Å²) in [4.78, 5) is 35.7. The molecule has 0 fully saturated rings. The summed E-state index contributed by atoms with van der Waals surface area (Å²) in [5.74, 6) is -0.438. The summed E-state index contributed by atoms with van der Waals surface area (Å²) >= 11 is 0. The van der Waals surface area contributed by atoms with Crippen LogP contribution in [0.5, 0.6) is 0 Å². The molecule has 1 amide bonds. The fraction of sp³-hybridized carbons (Fsp3) is 0.111. The van der Waals surface area contributed by atoms with E-state index < -0.39 is 0 Å². The first-order valence-corrected chi connectivity index (χ1v) is 7.42. The second-order valence-corrected chi connectivity index (χ2v) is 5.37. The van der Waals surface area contributed by atoms with Gasteiger partial charge >= 0.3 is 0 Å². The number of nitrogens with one attached hydrogen (secondary N) is 2. The second kappa shape index (κ2) is 6.45. The molecular formula is C18H15N3O3. The molecule has 0 radical (unpaired) electrons. The summed E-state index contributed by atoms with van der Waals surface area (Å²) < 4.78 is 0. The van der Waals surface area contributed by atoms with Crippen molar-refractivity contribution < 1.29 is 9.59 Å². The van der Waals surface area contributed by atoms with Crippen molar-refractivity contribution in [3.05, 3.63) is 70.1 Å². The number of Topliss-reactive ketones (excluding diaryl/α,β-unsaturated/α-hetero) is 1. The summed E-state index contributed by atoms with van der Waals surface area (Å²) in [5, 5.41) is 10.2. The summed E-state index contributed by atoms with van der Waals surface area (Å²) in [7, 11) is 0. The van der Waals surface area contributed by atoms with E-state index in [9.17, 15) is 14.4 Å². The highest BCUT2D eigenvalue weighted by Gasteiger charge is 2.13. The highest BCUT2D eigenvalue weighted by Crippen LogP contribution is 2.17. The number of para-hydroxylation sites is 1. The third-order valence-electron chi connectivity index (χ3n) is 3.68. The molecule has 3 rings (SSSR count). The molecule has 0 aliphatic rings. The van der Waals surface area contributed by atoms with Gasteiger partial charge in [-0.15, -0.1) is 0 Å². The molecule has 0 unspecified atom stereocenters. The lowest BCUT2D eigenvalue weighted by Crippen LogP contribution is -2.19. The minimum absolute atomic E-state index is 0.0104. The van der Waals surface area contributed by atoms with E-state index in [2.05, 4.69) is 15.5 Å². The minimum atomic E-state index is -0.312. The number of rotatable bonds is 4. The zero-order chi connectivity index (χ0) is 17.1. The van der Waals surface area contributed by atoms with Crippen LogP contribution >= 0.6 is 0 Å². The van der Waals surface area contributed by atoms with Crippen molar-refractivity contribution in [1.82, 2.24) is 10.2 Å². The van der Waals surface area contributed by atoms with Gasteiger partial charge in [0.05, 0.1) is 23.2 Å². The summed E-state index contributed by atoms with van der Waals surface area (Å²) in [6.45, 7) is 1.45. The molecule has 0 saturated carbocycles. The Hall–Kier alpha value is -3.28. The molecule has 0 bridgehead atoms. The van der Waals surface area contributed by atoms with Crippen LogP contribution in [0.2, 0.25) is 0 Å². The van der Waals surface area contributed by atoms with Crippen molar-refractivity contribution in [2.24, 2.45) is 0 Å². The molecule has 2 N–H and O–H groups in total. The Kier molecular flexibility index (Phi) is 4.20. The Balaban J connectivity index is 1.88. The number of carbonyl (C=O) groups is 2. The Morgan fingerprint density at radius 1 is 1.04 bits per heavy atom. The molecule has 0 saturated heterocycles. The van der Waals surface area contributed by atoms with Gasteiger partial charge < -0.3 is 5.32 Å². The van der Waals surface area contributed by atoms with Crippen molar-refractivity contribution in [1.29, 1.82) is 0 Å². The van der Waals surface area contributed by atoms with Gasteiger partial charge in [0.15, 0.2) is 5.78 Å². The zero-order valence-corrected chi connectivity index (χ0v) is 13.0. The van der Waals surface area contributed by atoms with E-state index in [1.165, 1.54) is 6.92 Å². The molecule has 0 atom stereocenters. The molecule has 6 nitrogen and oxygen atoms in total. The molecule has 3 aromatic rings. The van der Waals surface area contributed by atoms with Gasteiger partial charge in [0.25, 0.3) is 5.56 Å². The third kappa shape index (κ3) is 3.08. The van der Waals surface area contributed by atoms with Crippen LogP contribution in [0.3, 0.4) is 0 Å². The summed E-state index contributed by atoms with van der Waals surface area (Å²) in [6, 6.07) is 13.8. The van der Waals surface area contributed by atoms with Crippen molar-refractivity contribution in [2.75, 3.05) is 5.32 Å². The van der Waals surface area contributed by atoms with E-state index in [1.54, 1.807) is 48.5 Å². The molecule has 2 aromatic carbocycles. The lowest BCUT2D eigenvalue weighted by atomic mass is 10.1. The van der Waals surface area contributed by atoms with E-state index in [1.807, 2.05) is 0 Å². The van der Waals surface area contributed by atoms with Crippen molar-refractivity contribution in [3.63, 3.8) is 0 Å². The van der Waals surface area contributed by atoms with Gasteiger partial charge in [0.1, 0.15) is 0 Å². The lowest BCUT2D eigenvalue weighted by molar-refractivity contribution is -0.115. The second-order valence-electron chi connectivity index (χ2n) is 5.37. The molecular weight excluding hydrogens is 306 g/mol.